The quantitative estimate of drug-likeness (QED) is 0.556. The number of benzene rings is 1. The molecule has 3 amide bonds. The van der Waals surface area contributed by atoms with Crippen molar-refractivity contribution in [3.05, 3.63) is 35.4 Å². The molecule has 1 saturated carbocycles. The van der Waals surface area contributed by atoms with E-state index < -0.39 is 24.5 Å². The minimum atomic E-state index is -1.01. The van der Waals surface area contributed by atoms with E-state index in [0.717, 1.165) is 28.9 Å². The molecule has 1 aliphatic carbocycles. The zero-order chi connectivity index (χ0) is 21.0. The summed E-state index contributed by atoms with van der Waals surface area (Å²) in [5.41, 5.74) is 2.30. The highest BCUT2D eigenvalue weighted by Gasteiger charge is 2.51. The number of fused-ring (bicyclic) bond motifs is 1. The van der Waals surface area contributed by atoms with Crippen molar-refractivity contribution in [1.82, 2.24) is 10.2 Å². The standard InChI is InChI=1S/C22H28N2O5/c1-14-7-3-4-8-16(14)11-12-23-19(25)13-29-22(28)15(2)24-20(26)17-9-5-6-10-18(17)21(24)27/h3-4,7-8,15,17-18H,5-6,9-13H2,1-2H3,(H,23,25)/t15-,17+,18+/m0/s1. The molecule has 7 heteroatoms. The van der Waals surface area contributed by atoms with Crippen LogP contribution in [0.3, 0.4) is 0 Å². The summed E-state index contributed by atoms with van der Waals surface area (Å²) in [5.74, 6) is -2.34. The molecular weight excluding hydrogens is 372 g/mol. The van der Waals surface area contributed by atoms with Crippen molar-refractivity contribution in [3.63, 3.8) is 0 Å². The number of carbonyl (C=O) groups is 4. The van der Waals surface area contributed by atoms with Crippen LogP contribution >= 0.6 is 0 Å². The zero-order valence-corrected chi connectivity index (χ0v) is 17.0. The minimum Gasteiger partial charge on any atom is -0.454 e. The highest BCUT2D eigenvalue weighted by atomic mass is 16.5. The molecule has 0 unspecified atom stereocenters. The molecule has 2 fully saturated rings. The lowest BCUT2D eigenvalue weighted by Gasteiger charge is -2.21. The van der Waals surface area contributed by atoms with Crippen molar-refractivity contribution in [1.29, 1.82) is 0 Å². The van der Waals surface area contributed by atoms with Crippen LogP contribution in [0.1, 0.15) is 43.7 Å². The number of ether oxygens (including phenoxy) is 1. The smallest absolute Gasteiger partial charge is 0.329 e. The molecule has 3 rings (SSSR count). The Morgan fingerprint density at radius 3 is 2.38 bits per heavy atom. The van der Waals surface area contributed by atoms with Crippen LogP contribution in [0.2, 0.25) is 0 Å². The molecule has 1 saturated heterocycles. The molecule has 2 aliphatic rings. The fraction of sp³-hybridized carbons (Fsp3) is 0.545. The number of hydrogen-bond donors (Lipinski definition) is 1. The van der Waals surface area contributed by atoms with Gasteiger partial charge in [0.25, 0.3) is 5.91 Å². The maximum absolute atomic E-state index is 12.6. The van der Waals surface area contributed by atoms with Gasteiger partial charge in [-0.3, -0.25) is 19.3 Å². The summed E-state index contributed by atoms with van der Waals surface area (Å²) in [6, 6.07) is 6.91. The number of nitrogens with one attached hydrogen (secondary N) is 1. The molecule has 0 aromatic heterocycles. The Bertz CT molecular complexity index is 782. The van der Waals surface area contributed by atoms with E-state index in [1.54, 1.807) is 0 Å². The van der Waals surface area contributed by atoms with E-state index in [1.165, 1.54) is 6.92 Å². The highest BCUT2D eigenvalue weighted by molar-refractivity contribution is 6.07. The Hall–Kier alpha value is -2.70. The average molecular weight is 400 g/mol. The number of hydrogen-bond acceptors (Lipinski definition) is 5. The first-order valence-corrected chi connectivity index (χ1v) is 10.2. The Labute approximate surface area is 170 Å². The van der Waals surface area contributed by atoms with Gasteiger partial charge in [-0.25, -0.2) is 4.79 Å². The van der Waals surface area contributed by atoms with Crippen molar-refractivity contribution in [2.24, 2.45) is 11.8 Å². The van der Waals surface area contributed by atoms with Crippen LogP contribution in [-0.4, -0.2) is 47.8 Å². The molecule has 1 aromatic carbocycles. The molecule has 29 heavy (non-hydrogen) atoms. The Morgan fingerprint density at radius 2 is 1.76 bits per heavy atom. The average Bonchev–Trinajstić information content (AvgIpc) is 2.97. The van der Waals surface area contributed by atoms with Gasteiger partial charge in [0.2, 0.25) is 11.8 Å². The summed E-state index contributed by atoms with van der Waals surface area (Å²) in [7, 11) is 0. The third kappa shape index (κ3) is 4.66. The molecule has 0 spiro atoms. The van der Waals surface area contributed by atoms with E-state index >= 15 is 0 Å². The van der Waals surface area contributed by atoms with Gasteiger partial charge in [-0.1, -0.05) is 37.1 Å². The van der Waals surface area contributed by atoms with Gasteiger partial charge >= 0.3 is 5.97 Å². The summed E-state index contributed by atoms with van der Waals surface area (Å²) >= 11 is 0. The van der Waals surface area contributed by atoms with Gasteiger partial charge in [-0.15, -0.1) is 0 Å². The Kier molecular flexibility index (Phi) is 6.67. The molecule has 1 heterocycles. The highest BCUT2D eigenvalue weighted by Crippen LogP contribution is 2.38. The summed E-state index contributed by atoms with van der Waals surface area (Å²) in [6.45, 7) is 3.49. The first-order chi connectivity index (χ1) is 13.9. The van der Waals surface area contributed by atoms with Crippen molar-refractivity contribution in [2.75, 3.05) is 13.2 Å². The van der Waals surface area contributed by atoms with E-state index in [1.807, 2.05) is 31.2 Å². The van der Waals surface area contributed by atoms with E-state index in [0.29, 0.717) is 25.8 Å². The predicted molar refractivity (Wildman–Crippen MR) is 106 cm³/mol. The fourth-order valence-corrected chi connectivity index (χ4v) is 4.21. The fourth-order valence-electron chi connectivity index (χ4n) is 4.21. The molecule has 7 nitrogen and oxygen atoms in total. The SMILES string of the molecule is Cc1ccccc1CCNC(=O)COC(=O)[C@H](C)N1C(=O)[C@@H]2CCCC[C@H]2C1=O. The first kappa shape index (κ1) is 21.0. The summed E-state index contributed by atoms with van der Waals surface area (Å²) in [5, 5.41) is 2.72. The maximum Gasteiger partial charge on any atom is 0.329 e. The van der Waals surface area contributed by atoms with E-state index in [2.05, 4.69) is 5.32 Å². The number of amides is 3. The number of likely N-dealkylation sites (tertiary alicyclic amines) is 1. The van der Waals surface area contributed by atoms with Crippen LogP contribution in [0.4, 0.5) is 0 Å². The lowest BCUT2D eigenvalue weighted by molar-refractivity contribution is -0.159. The van der Waals surface area contributed by atoms with Crippen LogP contribution in [-0.2, 0) is 30.3 Å². The summed E-state index contributed by atoms with van der Waals surface area (Å²) < 4.78 is 5.06. The lowest BCUT2D eigenvalue weighted by Crippen LogP contribution is -2.45. The van der Waals surface area contributed by atoms with Crippen LogP contribution in [0, 0.1) is 18.8 Å². The van der Waals surface area contributed by atoms with Gasteiger partial charge < -0.3 is 10.1 Å². The van der Waals surface area contributed by atoms with E-state index in [4.69, 9.17) is 4.74 Å². The number of esters is 1. The van der Waals surface area contributed by atoms with Gasteiger partial charge in [-0.2, -0.15) is 0 Å². The van der Waals surface area contributed by atoms with Crippen LogP contribution in [0.5, 0.6) is 0 Å². The maximum atomic E-state index is 12.6. The largest absolute Gasteiger partial charge is 0.454 e. The molecule has 1 aliphatic heterocycles. The van der Waals surface area contributed by atoms with Crippen LogP contribution < -0.4 is 5.32 Å². The van der Waals surface area contributed by atoms with Crippen molar-refractivity contribution < 1.29 is 23.9 Å². The predicted octanol–water partition coefficient (Wildman–Crippen LogP) is 1.76. The van der Waals surface area contributed by atoms with Gasteiger partial charge in [0, 0.05) is 6.54 Å². The van der Waals surface area contributed by atoms with Gasteiger partial charge in [0.05, 0.1) is 11.8 Å². The van der Waals surface area contributed by atoms with Crippen molar-refractivity contribution >= 4 is 23.7 Å². The second-order valence-electron chi connectivity index (χ2n) is 7.85. The molecule has 1 aromatic rings. The van der Waals surface area contributed by atoms with Crippen LogP contribution in [0.15, 0.2) is 24.3 Å². The number of nitrogens with zero attached hydrogens (tertiary/aromatic N) is 1. The molecule has 0 radical (unpaired) electrons. The van der Waals surface area contributed by atoms with Crippen molar-refractivity contribution in [3.8, 4) is 0 Å². The van der Waals surface area contributed by atoms with Crippen LogP contribution in [0.25, 0.3) is 0 Å². The summed E-state index contributed by atoms with van der Waals surface area (Å²) in [4.78, 5) is 50.4. The van der Waals surface area contributed by atoms with E-state index in [9.17, 15) is 19.2 Å². The lowest BCUT2D eigenvalue weighted by atomic mass is 9.81. The molecule has 156 valence electrons. The molecule has 1 N–H and O–H groups in total. The Morgan fingerprint density at radius 1 is 1.14 bits per heavy atom. The third-order valence-electron chi connectivity index (χ3n) is 5.93. The molecule has 0 bridgehead atoms. The van der Waals surface area contributed by atoms with Crippen molar-refractivity contribution in [2.45, 2.75) is 52.0 Å². The monoisotopic (exact) mass is 400 g/mol. The number of rotatable bonds is 7. The third-order valence-corrected chi connectivity index (χ3v) is 5.93. The molecule has 3 atom stereocenters. The second kappa shape index (κ2) is 9.20. The number of aryl methyl sites for hydroxylation is 1. The number of imide groups is 1. The second-order valence-corrected chi connectivity index (χ2v) is 7.85. The number of carbonyl (C=O) groups excluding carboxylic acids is 4. The van der Waals surface area contributed by atoms with Gasteiger partial charge in [0.15, 0.2) is 6.61 Å². The topological polar surface area (TPSA) is 92.8 Å². The minimum absolute atomic E-state index is 0.285. The molecular formula is C22H28N2O5. The summed E-state index contributed by atoms with van der Waals surface area (Å²) in [6.07, 6.45) is 3.92. The van der Waals surface area contributed by atoms with Gasteiger partial charge in [0.1, 0.15) is 6.04 Å². The first-order valence-electron chi connectivity index (χ1n) is 10.2. The Balaban J connectivity index is 1.45. The normalized spacial score (nSPS) is 22.2. The zero-order valence-electron chi connectivity index (χ0n) is 17.0. The van der Waals surface area contributed by atoms with Gasteiger partial charge in [-0.05, 0) is 44.2 Å². The van der Waals surface area contributed by atoms with E-state index in [-0.39, 0.29) is 23.7 Å².